The predicted molar refractivity (Wildman–Crippen MR) is 126 cm³/mol. The van der Waals surface area contributed by atoms with E-state index in [2.05, 4.69) is 31.0 Å². The standard InChI is InChI=1S/C26H26N2O4/c1-18(2)16-20-4-8-22(9-5-20)19(3)26(29)32-25-14-10-23(11-15-25)27-17-21-6-12-24(13-7-21)28(30)31/h4-15,17-19H,16H2,1-3H3. The summed E-state index contributed by atoms with van der Waals surface area (Å²) in [5, 5.41) is 10.7. The second kappa shape index (κ2) is 10.5. The smallest absolute Gasteiger partial charge is 0.318 e. The molecule has 3 rings (SSSR count). The maximum Gasteiger partial charge on any atom is 0.318 e. The monoisotopic (exact) mass is 430 g/mol. The van der Waals surface area contributed by atoms with E-state index in [1.807, 2.05) is 19.1 Å². The summed E-state index contributed by atoms with van der Waals surface area (Å²) in [5.41, 5.74) is 3.64. The third kappa shape index (κ3) is 6.35. The molecule has 0 aromatic heterocycles. The van der Waals surface area contributed by atoms with Gasteiger partial charge in [0, 0.05) is 18.3 Å². The zero-order valence-corrected chi connectivity index (χ0v) is 18.4. The molecule has 0 bridgehead atoms. The van der Waals surface area contributed by atoms with Crippen molar-refractivity contribution in [2.75, 3.05) is 0 Å². The van der Waals surface area contributed by atoms with E-state index in [1.165, 1.54) is 17.7 Å². The lowest BCUT2D eigenvalue weighted by atomic mass is 9.97. The van der Waals surface area contributed by atoms with Crippen molar-refractivity contribution in [1.29, 1.82) is 0 Å². The minimum Gasteiger partial charge on any atom is -0.426 e. The minimum absolute atomic E-state index is 0.0362. The normalized spacial score (nSPS) is 12.1. The van der Waals surface area contributed by atoms with Crippen LogP contribution in [0.2, 0.25) is 0 Å². The van der Waals surface area contributed by atoms with E-state index >= 15 is 0 Å². The highest BCUT2D eigenvalue weighted by molar-refractivity contribution is 5.82. The number of nitro groups is 1. The third-order valence-electron chi connectivity index (χ3n) is 5.00. The van der Waals surface area contributed by atoms with E-state index < -0.39 is 4.92 Å². The van der Waals surface area contributed by atoms with Crippen LogP contribution in [0.4, 0.5) is 11.4 Å². The number of hydrogen-bond acceptors (Lipinski definition) is 5. The number of carbonyl (C=O) groups is 1. The van der Waals surface area contributed by atoms with E-state index in [0.29, 0.717) is 17.4 Å². The largest absolute Gasteiger partial charge is 0.426 e. The zero-order chi connectivity index (χ0) is 23.1. The number of non-ortho nitro benzene ring substituents is 1. The molecule has 0 amide bonds. The molecular formula is C26H26N2O4. The molecule has 1 atom stereocenters. The summed E-state index contributed by atoms with van der Waals surface area (Å²) in [5.74, 6) is 0.351. The van der Waals surface area contributed by atoms with Crippen LogP contribution in [0.25, 0.3) is 0 Å². The van der Waals surface area contributed by atoms with Crippen molar-refractivity contribution in [3.05, 3.63) is 99.6 Å². The summed E-state index contributed by atoms with van der Waals surface area (Å²) >= 11 is 0. The molecule has 6 heteroatoms. The average Bonchev–Trinajstić information content (AvgIpc) is 2.78. The molecule has 0 spiro atoms. The van der Waals surface area contributed by atoms with E-state index in [1.54, 1.807) is 42.6 Å². The van der Waals surface area contributed by atoms with Gasteiger partial charge in [0.05, 0.1) is 16.5 Å². The van der Waals surface area contributed by atoms with Gasteiger partial charge in [-0.05, 0) is 72.4 Å². The van der Waals surface area contributed by atoms with E-state index in [0.717, 1.165) is 17.5 Å². The van der Waals surface area contributed by atoms with Crippen LogP contribution >= 0.6 is 0 Å². The Balaban J connectivity index is 1.58. The maximum absolute atomic E-state index is 12.5. The Morgan fingerprint density at radius 3 is 2.16 bits per heavy atom. The summed E-state index contributed by atoms with van der Waals surface area (Å²) < 4.78 is 5.52. The van der Waals surface area contributed by atoms with Crippen molar-refractivity contribution >= 4 is 23.6 Å². The highest BCUT2D eigenvalue weighted by Gasteiger charge is 2.17. The second-order valence-electron chi connectivity index (χ2n) is 8.08. The molecule has 6 nitrogen and oxygen atoms in total. The van der Waals surface area contributed by atoms with Crippen molar-refractivity contribution in [3.63, 3.8) is 0 Å². The Labute approximate surface area is 187 Å². The molecular weight excluding hydrogens is 404 g/mol. The summed E-state index contributed by atoms with van der Waals surface area (Å²) in [6.07, 6.45) is 2.63. The first-order valence-corrected chi connectivity index (χ1v) is 10.5. The molecule has 0 aliphatic heterocycles. The lowest BCUT2D eigenvalue weighted by Gasteiger charge is -2.13. The van der Waals surface area contributed by atoms with Gasteiger partial charge in [-0.15, -0.1) is 0 Å². The first-order chi connectivity index (χ1) is 15.3. The molecule has 0 N–H and O–H groups in total. The van der Waals surface area contributed by atoms with Crippen molar-refractivity contribution in [3.8, 4) is 5.75 Å². The SMILES string of the molecule is CC(C)Cc1ccc(C(C)C(=O)Oc2ccc(N=Cc3ccc([N+](=O)[O-])cc3)cc2)cc1. The van der Waals surface area contributed by atoms with Crippen LogP contribution in [-0.4, -0.2) is 17.1 Å². The molecule has 1 unspecified atom stereocenters. The van der Waals surface area contributed by atoms with Gasteiger partial charge in [0.2, 0.25) is 0 Å². The first-order valence-electron chi connectivity index (χ1n) is 10.5. The number of carbonyl (C=O) groups excluding carboxylic acids is 1. The molecule has 0 saturated heterocycles. The Kier molecular flexibility index (Phi) is 7.49. The minimum atomic E-state index is -0.441. The van der Waals surface area contributed by atoms with Gasteiger partial charge >= 0.3 is 5.97 Å². The van der Waals surface area contributed by atoms with Crippen LogP contribution in [-0.2, 0) is 11.2 Å². The second-order valence-corrected chi connectivity index (χ2v) is 8.08. The fourth-order valence-electron chi connectivity index (χ4n) is 3.19. The number of rotatable bonds is 8. The summed E-state index contributed by atoms with van der Waals surface area (Å²) in [4.78, 5) is 27.2. The van der Waals surface area contributed by atoms with Crippen molar-refractivity contribution in [2.45, 2.75) is 33.1 Å². The Morgan fingerprint density at radius 2 is 1.59 bits per heavy atom. The van der Waals surface area contributed by atoms with E-state index in [4.69, 9.17) is 4.74 Å². The summed E-state index contributed by atoms with van der Waals surface area (Å²) in [6.45, 7) is 6.20. The Hall–Kier alpha value is -3.80. The maximum atomic E-state index is 12.5. The third-order valence-corrected chi connectivity index (χ3v) is 5.00. The van der Waals surface area contributed by atoms with Gasteiger partial charge < -0.3 is 4.74 Å². The summed E-state index contributed by atoms with van der Waals surface area (Å²) in [7, 11) is 0. The molecule has 0 fully saturated rings. The van der Waals surface area contributed by atoms with Crippen LogP contribution in [0.5, 0.6) is 5.75 Å². The van der Waals surface area contributed by atoms with Crippen molar-refractivity contribution in [1.82, 2.24) is 0 Å². The quantitative estimate of drug-likeness (QED) is 0.139. The molecule has 0 aliphatic carbocycles. The Morgan fingerprint density at radius 1 is 0.969 bits per heavy atom. The first kappa shape index (κ1) is 22.9. The summed E-state index contributed by atoms with van der Waals surface area (Å²) in [6, 6.07) is 21.1. The highest BCUT2D eigenvalue weighted by atomic mass is 16.6. The number of aliphatic imine (C=N–C) groups is 1. The zero-order valence-electron chi connectivity index (χ0n) is 18.4. The molecule has 0 radical (unpaired) electrons. The van der Waals surface area contributed by atoms with Gasteiger partial charge in [-0.25, -0.2) is 0 Å². The molecule has 0 aliphatic rings. The molecule has 164 valence electrons. The number of benzene rings is 3. The molecule has 3 aromatic carbocycles. The lowest BCUT2D eigenvalue weighted by molar-refractivity contribution is -0.384. The topological polar surface area (TPSA) is 81.8 Å². The number of ether oxygens (including phenoxy) is 1. The van der Waals surface area contributed by atoms with Crippen LogP contribution in [0.1, 0.15) is 43.4 Å². The van der Waals surface area contributed by atoms with Crippen LogP contribution < -0.4 is 4.74 Å². The van der Waals surface area contributed by atoms with E-state index in [9.17, 15) is 14.9 Å². The lowest BCUT2D eigenvalue weighted by Crippen LogP contribution is -2.16. The van der Waals surface area contributed by atoms with Gasteiger partial charge in [-0.3, -0.25) is 19.9 Å². The van der Waals surface area contributed by atoms with Gasteiger partial charge in [0.25, 0.3) is 5.69 Å². The van der Waals surface area contributed by atoms with Gasteiger partial charge in [-0.1, -0.05) is 38.1 Å². The van der Waals surface area contributed by atoms with Crippen molar-refractivity contribution < 1.29 is 14.5 Å². The molecule has 3 aromatic rings. The van der Waals surface area contributed by atoms with E-state index in [-0.39, 0.29) is 17.6 Å². The fourth-order valence-corrected chi connectivity index (χ4v) is 3.19. The molecule has 0 heterocycles. The van der Waals surface area contributed by atoms with Crippen LogP contribution in [0.15, 0.2) is 77.8 Å². The average molecular weight is 431 g/mol. The van der Waals surface area contributed by atoms with Gasteiger partial charge in [0.15, 0.2) is 0 Å². The van der Waals surface area contributed by atoms with Crippen molar-refractivity contribution in [2.24, 2.45) is 10.9 Å². The Bertz CT molecular complexity index is 1090. The van der Waals surface area contributed by atoms with Crippen LogP contribution in [0.3, 0.4) is 0 Å². The number of nitrogens with zero attached hydrogens (tertiary/aromatic N) is 2. The number of nitro benzene ring substituents is 1. The highest BCUT2D eigenvalue weighted by Crippen LogP contribution is 2.23. The predicted octanol–water partition coefficient (Wildman–Crippen LogP) is 6.25. The fraction of sp³-hybridized carbons (Fsp3) is 0.231. The number of esters is 1. The molecule has 32 heavy (non-hydrogen) atoms. The molecule has 0 saturated carbocycles. The number of hydrogen-bond donors (Lipinski definition) is 0. The van der Waals surface area contributed by atoms with Crippen LogP contribution in [0, 0.1) is 16.0 Å². The van der Waals surface area contributed by atoms with Gasteiger partial charge in [-0.2, -0.15) is 0 Å². The van der Waals surface area contributed by atoms with Gasteiger partial charge in [0.1, 0.15) is 5.75 Å².